The standard InChI is InChI=1S/C25H20F3N3O3S/c26-25(27,28)21-7-3-2-6-20(21)23(32)30-17-9-11-18(12-10-17)31(35)24(33)29-14-13-19-15-16-5-1-4-8-22(16)34-19/h1-12,15,35H,13-14H2,(H,29,33)(H,30,32). The summed E-state index contributed by atoms with van der Waals surface area (Å²) >= 11 is 4.21. The fourth-order valence-electron chi connectivity index (χ4n) is 3.46. The second-order valence-electron chi connectivity index (χ2n) is 7.59. The number of para-hydroxylation sites is 1. The molecule has 0 saturated carbocycles. The van der Waals surface area contributed by atoms with Crippen molar-refractivity contribution in [3.63, 3.8) is 0 Å². The summed E-state index contributed by atoms with van der Waals surface area (Å²) in [4.78, 5) is 24.8. The van der Waals surface area contributed by atoms with Crippen LogP contribution in [0.15, 0.2) is 83.3 Å². The maximum Gasteiger partial charge on any atom is 0.417 e. The van der Waals surface area contributed by atoms with Crippen molar-refractivity contribution in [1.82, 2.24) is 5.32 Å². The minimum atomic E-state index is -4.65. The molecule has 180 valence electrons. The summed E-state index contributed by atoms with van der Waals surface area (Å²) < 4.78 is 46.3. The fourth-order valence-corrected chi connectivity index (χ4v) is 3.66. The average Bonchev–Trinajstić information content (AvgIpc) is 3.26. The number of alkyl halides is 3. The molecule has 0 saturated heterocycles. The van der Waals surface area contributed by atoms with Gasteiger partial charge in [-0.25, -0.2) is 9.10 Å². The summed E-state index contributed by atoms with van der Waals surface area (Å²) in [5, 5.41) is 6.16. The quantitative estimate of drug-likeness (QED) is 0.272. The first-order valence-electron chi connectivity index (χ1n) is 10.5. The Morgan fingerprint density at radius 3 is 2.34 bits per heavy atom. The van der Waals surface area contributed by atoms with Crippen LogP contribution >= 0.6 is 12.8 Å². The molecule has 1 heterocycles. The summed E-state index contributed by atoms with van der Waals surface area (Å²) in [6.07, 6.45) is -4.16. The molecule has 0 atom stereocenters. The number of halogens is 3. The molecule has 0 fully saturated rings. The molecular formula is C25H20F3N3O3S. The highest BCUT2D eigenvalue weighted by atomic mass is 32.1. The molecule has 3 aromatic carbocycles. The number of furan rings is 1. The molecule has 10 heteroatoms. The maximum atomic E-state index is 13.2. The second kappa shape index (κ2) is 10.1. The van der Waals surface area contributed by atoms with Gasteiger partial charge in [-0.15, -0.1) is 0 Å². The molecule has 4 aromatic rings. The van der Waals surface area contributed by atoms with E-state index in [9.17, 15) is 22.8 Å². The lowest BCUT2D eigenvalue weighted by Gasteiger charge is -2.17. The van der Waals surface area contributed by atoms with Crippen molar-refractivity contribution in [2.75, 3.05) is 16.2 Å². The molecule has 2 N–H and O–H groups in total. The van der Waals surface area contributed by atoms with Gasteiger partial charge < -0.3 is 15.1 Å². The number of hydrogen-bond acceptors (Lipinski definition) is 4. The predicted octanol–water partition coefficient (Wildman–Crippen LogP) is 6.31. The van der Waals surface area contributed by atoms with Crippen LogP contribution in [-0.2, 0) is 12.6 Å². The molecule has 0 aliphatic rings. The van der Waals surface area contributed by atoms with E-state index in [4.69, 9.17) is 4.42 Å². The van der Waals surface area contributed by atoms with Gasteiger partial charge >= 0.3 is 12.2 Å². The number of hydrogen-bond donors (Lipinski definition) is 3. The van der Waals surface area contributed by atoms with Crippen LogP contribution in [0.25, 0.3) is 11.0 Å². The number of carbonyl (C=O) groups excluding carboxylic acids is 2. The Morgan fingerprint density at radius 2 is 1.63 bits per heavy atom. The SMILES string of the molecule is O=C(Nc1ccc(N(S)C(=O)NCCc2cc3ccccc3o2)cc1)c1ccccc1C(F)(F)F. The minimum Gasteiger partial charge on any atom is -0.461 e. The van der Waals surface area contributed by atoms with Crippen LogP contribution in [0.4, 0.5) is 29.3 Å². The van der Waals surface area contributed by atoms with Crippen molar-refractivity contribution in [3.8, 4) is 0 Å². The lowest BCUT2D eigenvalue weighted by atomic mass is 10.1. The number of amides is 3. The number of fused-ring (bicyclic) bond motifs is 1. The molecule has 0 spiro atoms. The number of rotatable bonds is 6. The van der Waals surface area contributed by atoms with Gasteiger partial charge in [-0.05, 0) is 48.5 Å². The lowest BCUT2D eigenvalue weighted by molar-refractivity contribution is -0.137. The van der Waals surface area contributed by atoms with Gasteiger partial charge in [-0.1, -0.05) is 43.1 Å². The van der Waals surface area contributed by atoms with E-state index in [0.717, 1.165) is 33.2 Å². The Balaban J connectivity index is 1.33. The molecule has 0 aliphatic carbocycles. The highest BCUT2D eigenvalue weighted by molar-refractivity contribution is 7.82. The minimum absolute atomic E-state index is 0.266. The van der Waals surface area contributed by atoms with Crippen molar-refractivity contribution in [2.45, 2.75) is 12.6 Å². The molecule has 35 heavy (non-hydrogen) atoms. The average molecular weight is 500 g/mol. The Morgan fingerprint density at radius 1 is 0.943 bits per heavy atom. The van der Waals surface area contributed by atoms with Crippen molar-refractivity contribution >= 4 is 47.1 Å². The van der Waals surface area contributed by atoms with Crippen LogP contribution < -0.4 is 14.9 Å². The summed E-state index contributed by atoms with van der Waals surface area (Å²) in [5.74, 6) is -0.152. The number of anilines is 2. The number of carbonyl (C=O) groups is 2. The molecule has 0 unspecified atom stereocenters. The van der Waals surface area contributed by atoms with E-state index >= 15 is 0 Å². The van der Waals surface area contributed by atoms with Gasteiger partial charge in [0.25, 0.3) is 5.91 Å². The highest BCUT2D eigenvalue weighted by Crippen LogP contribution is 2.32. The summed E-state index contributed by atoms with van der Waals surface area (Å²) in [7, 11) is 0. The Hall–Kier alpha value is -3.92. The van der Waals surface area contributed by atoms with Crippen LogP contribution in [0, 0.1) is 0 Å². The second-order valence-corrected chi connectivity index (χ2v) is 7.99. The van der Waals surface area contributed by atoms with E-state index in [1.54, 1.807) is 0 Å². The van der Waals surface area contributed by atoms with E-state index in [1.165, 1.54) is 36.4 Å². The Bertz CT molecular complexity index is 1320. The van der Waals surface area contributed by atoms with Gasteiger partial charge in [0.2, 0.25) is 0 Å². The van der Waals surface area contributed by atoms with Gasteiger partial charge in [0, 0.05) is 24.0 Å². The van der Waals surface area contributed by atoms with Crippen LogP contribution in [0.1, 0.15) is 21.7 Å². The van der Waals surface area contributed by atoms with Gasteiger partial charge in [0.1, 0.15) is 11.3 Å². The fraction of sp³-hybridized carbons (Fsp3) is 0.120. The summed E-state index contributed by atoms with van der Waals surface area (Å²) in [6.45, 7) is 0.322. The number of thiol groups is 1. The Kier molecular flexibility index (Phi) is 7.02. The van der Waals surface area contributed by atoms with Crippen molar-refractivity contribution < 1.29 is 27.2 Å². The maximum absolute atomic E-state index is 13.2. The van der Waals surface area contributed by atoms with E-state index in [2.05, 4.69) is 23.4 Å². The first kappa shape index (κ1) is 24.2. The first-order valence-corrected chi connectivity index (χ1v) is 10.9. The van der Waals surface area contributed by atoms with Gasteiger partial charge in [0.05, 0.1) is 16.8 Å². The monoisotopic (exact) mass is 499 g/mol. The molecule has 0 aliphatic heterocycles. The number of nitrogens with zero attached hydrogens (tertiary/aromatic N) is 1. The van der Waals surface area contributed by atoms with E-state index < -0.39 is 29.2 Å². The Labute approximate surface area is 204 Å². The zero-order valence-electron chi connectivity index (χ0n) is 18.2. The molecule has 0 bridgehead atoms. The van der Waals surface area contributed by atoms with E-state index in [0.29, 0.717) is 18.7 Å². The summed E-state index contributed by atoms with van der Waals surface area (Å²) in [6, 6.07) is 19.6. The third kappa shape index (κ3) is 5.78. The molecular weight excluding hydrogens is 479 g/mol. The normalized spacial score (nSPS) is 11.3. The van der Waals surface area contributed by atoms with Crippen molar-refractivity contribution in [2.24, 2.45) is 0 Å². The van der Waals surface area contributed by atoms with Crippen LogP contribution in [0.3, 0.4) is 0 Å². The molecule has 1 aromatic heterocycles. The third-order valence-electron chi connectivity index (χ3n) is 5.16. The number of urea groups is 1. The first-order chi connectivity index (χ1) is 16.7. The smallest absolute Gasteiger partial charge is 0.417 e. The zero-order valence-corrected chi connectivity index (χ0v) is 19.1. The topological polar surface area (TPSA) is 74.6 Å². The van der Waals surface area contributed by atoms with Crippen LogP contribution in [0.2, 0.25) is 0 Å². The largest absolute Gasteiger partial charge is 0.461 e. The van der Waals surface area contributed by atoms with Crippen molar-refractivity contribution in [1.29, 1.82) is 0 Å². The van der Waals surface area contributed by atoms with Gasteiger partial charge in [0.15, 0.2) is 0 Å². The van der Waals surface area contributed by atoms with Gasteiger partial charge in [-0.3, -0.25) is 4.79 Å². The molecule has 4 rings (SSSR count). The van der Waals surface area contributed by atoms with Crippen LogP contribution in [0.5, 0.6) is 0 Å². The molecule has 3 amide bonds. The number of nitrogens with one attached hydrogen (secondary N) is 2. The molecule has 6 nitrogen and oxygen atoms in total. The lowest BCUT2D eigenvalue weighted by Crippen LogP contribution is -2.35. The van der Waals surface area contributed by atoms with E-state index in [1.807, 2.05) is 30.3 Å². The third-order valence-corrected chi connectivity index (χ3v) is 5.58. The zero-order chi connectivity index (χ0) is 25.0. The summed E-state index contributed by atoms with van der Waals surface area (Å²) in [5.41, 5.74) is -0.0524. The van der Waals surface area contributed by atoms with E-state index in [-0.39, 0.29) is 5.69 Å². The highest BCUT2D eigenvalue weighted by Gasteiger charge is 2.34. The molecule has 0 radical (unpaired) electrons. The van der Waals surface area contributed by atoms with Crippen LogP contribution in [-0.4, -0.2) is 18.5 Å². The van der Waals surface area contributed by atoms with Crippen molar-refractivity contribution in [3.05, 3.63) is 95.7 Å². The van der Waals surface area contributed by atoms with Gasteiger partial charge in [-0.2, -0.15) is 13.2 Å². The number of benzene rings is 3. The predicted molar refractivity (Wildman–Crippen MR) is 131 cm³/mol.